The number of hydrogen-bond acceptors (Lipinski definition) is 2. The fourth-order valence-electron chi connectivity index (χ4n) is 2.17. The van der Waals surface area contributed by atoms with E-state index >= 15 is 0 Å². The number of benzene rings is 2. The van der Waals surface area contributed by atoms with E-state index in [2.05, 4.69) is 15.3 Å². The van der Waals surface area contributed by atoms with Gasteiger partial charge in [0, 0.05) is 0 Å². The smallest absolute Gasteiger partial charge is 0.411 e. The third kappa shape index (κ3) is 3.72. The van der Waals surface area contributed by atoms with E-state index in [4.69, 9.17) is 16.7 Å². The van der Waals surface area contributed by atoms with Gasteiger partial charge in [-0.3, -0.25) is 5.32 Å². The molecule has 120 valence electrons. The number of anilines is 1. The van der Waals surface area contributed by atoms with E-state index in [0.717, 1.165) is 11.1 Å². The van der Waals surface area contributed by atoms with E-state index < -0.39 is 11.5 Å². The van der Waals surface area contributed by atoms with Crippen LogP contribution in [0.25, 0.3) is 11.0 Å². The quantitative estimate of drug-likeness (QED) is 0.603. The van der Waals surface area contributed by atoms with Gasteiger partial charge in [0.05, 0.1) is 16.4 Å². The molecule has 0 aliphatic carbocycles. The third-order valence-corrected chi connectivity index (χ3v) is 3.69. The highest BCUT2D eigenvalue weighted by molar-refractivity contribution is 6.22. The molecule has 0 aliphatic heterocycles. The molecule has 0 fully saturated rings. The van der Waals surface area contributed by atoms with Gasteiger partial charge in [0.2, 0.25) is 5.95 Å². The van der Waals surface area contributed by atoms with Gasteiger partial charge in [0.1, 0.15) is 5.82 Å². The van der Waals surface area contributed by atoms with Crippen molar-refractivity contribution < 1.29 is 14.3 Å². The normalized spacial score (nSPS) is 11.7. The molecule has 0 spiro atoms. The number of carbonyl (C=O) groups is 1. The van der Waals surface area contributed by atoms with Gasteiger partial charge in [-0.2, -0.15) is 0 Å². The highest BCUT2D eigenvalue weighted by atomic mass is 35.5. The van der Waals surface area contributed by atoms with Gasteiger partial charge in [0.25, 0.3) is 0 Å². The average Bonchev–Trinajstić information content (AvgIpc) is 2.87. The standard InChI is InChI=1S/C15H11ClFN3O2.ClH/c16-13(8-1-4-10(17)5-2-8)9-3-6-11-12(7-9)19-14(18-11)20-15(21)22;/h1-7,13H,(H,21,22)(H2,18,19,20);1H. The fourth-order valence-corrected chi connectivity index (χ4v) is 2.45. The molecular weight excluding hydrogens is 344 g/mol. The molecule has 3 N–H and O–H groups in total. The van der Waals surface area contributed by atoms with Crippen molar-refractivity contribution in [3.8, 4) is 0 Å². The Balaban J connectivity index is 0.00000192. The first-order valence-electron chi connectivity index (χ1n) is 6.42. The molecule has 0 radical (unpaired) electrons. The summed E-state index contributed by atoms with van der Waals surface area (Å²) in [6, 6.07) is 11.3. The van der Waals surface area contributed by atoms with E-state index in [1.54, 1.807) is 30.3 Å². The maximum atomic E-state index is 13.0. The van der Waals surface area contributed by atoms with Crippen LogP contribution in [0.4, 0.5) is 15.1 Å². The summed E-state index contributed by atoms with van der Waals surface area (Å²) in [7, 11) is 0. The summed E-state index contributed by atoms with van der Waals surface area (Å²) < 4.78 is 13.0. The molecule has 1 heterocycles. The van der Waals surface area contributed by atoms with Gasteiger partial charge in [-0.05, 0) is 35.4 Å². The molecule has 8 heteroatoms. The van der Waals surface area contributed by atoms with Gasteiger partial charge in [-0.25, -0.2) is 14.2 Å². The molecule has 5 nitrogen and oxygen atoms in total. The molecular formula is C15H12Cl2FN3O2. The molecule has 1 aromatic heterocycles. The summed E-state index contributed by atoms with van der Waals surface area (Å²) >= 11 is 6.41. The van der Waals surface area contributed by atoms with Crippen LogP contribution in [-0.4, -0.2) is 21.2 Å². The lowest BCUT2D eigenvalue weighted by Gasteiger charge is -2.10. The van der Waals surface area contributed by atoms with Crippen LogP contribution >= 0.6 is 24.0 Å². The van der Waals surface area contributed by atoms with Crippen LogP contribution in [0.15, 0.2) is 42.5 Å². The van der Waals surface area contributed by atoms with E-state index in [9.17, 15) is 9.18 Å². The number of rotatable bonds is 3. The predicted molar refractivity (Wildman–Crippen MR) is 89.1 cm³/mol. The van der Waals surface area contributed by atoms with Crippen LogP contribution in [0.3, 0.4) is 0 Å². The first kappa shape index (κ1) is 17.1. The van der Waals surface area contributed by atoms with E-state index in [0.29, 0.717) is 11.0 Å². The number of amides is 1. The molecule has 1 atom stereocenters. The van der Waals surface area contributed by atoms with Crippen LogP contribution in [0.5, 0.6) is 0 Å². The fraction of sp³-hybridized carbons (Fsp3) is 0.0667. The van der Waals surface area contributed by atoms with Gasteiger partial charge in [-0.15, -0.1) is 24.0 Å². The van der Waals surface area contributed by atoms with Crippen molar-refractivity contribution in [1.29, 1.82) is 0 Å². The summed E-state index contributed by atoms with van der Waals surface area (Å²) in [6.07, 6.45) is -1.19. The SMILES string of the molecule is Cl.O=C(O)Nc1nc2ccc(C(Cl)c3ccc(F)cc3)cc2[nH]1. The monoisotopic (exact) mass is 355 g/mol. The van der Waals surface area contributed by atoms with Crippen molar-refractivity contribution in [3.63, 3.8) is 0 Å². The van der Waals surface area contributed by atoms with Crippen molar-refractivity contribution >= 4 is 47.1 Å². The summed E-state index contributed by atoms with van der Waals surface area (Å²) in [6.45, 7) is 0. The number of aromatic nitrogens is 2. The Hall–Kier alpha value is -2.31. The number of halogens is 3. The summed E-state index contributed by atoms with van der Waals surface area (Å²) in [5.41, 5.74) is 2.85. The Labute approximate surface area is 141 Å². The first-order valence-corrected chi connectivity index (χ1v) is 6.86. The number of imidazole rings is 1. The number of aromatic amines is 1. The average molecular weight is 356 g/mol. The highest BCUT2D eigenvalue weighted by Crippen LogP contribution is 2.30. The van der Waals surface area contributed by atoms with Crippen LogP contribution in [0.2, 0.25) is 0 Å². The van der Waals surface area contributed by atoms with Crippen molar-refractivity contribution in [2.75, 3.05) is 5.32 Å². The minimum atomic E-state index is -1.19. The molecule has 3 rings (SSSR count). The predicted octanol–water partition coefficient (Wildman–Crippen LogP) is 4.54. The number of hydrogen-bond donors (Lipinski definition) is 3. The van der Waals surface area contributed by atoms with Crippen molar-refractivity contribution in [2.45, 2.75) is 5.38 Å². The topological polar surface area (TPSA) is 78.0 Å². The van der Waals surface area contributed by atoms with Gasteiger partial charge in [0.15, 0.2) is 0 Å². The Morgan fingerprint density at radius 1 is 1.22 bits per heavy atom. The zero-order valence-electron chi connectivity index (χ0n) is 11.6. The number of nitrogens with zero attached hydrogens (tertiary/aromatic N) is 1. The maximum Gasteiger partial charge on any atom is 0.411 e. The molecule has 0 bridgehead atoms. The molecule has 2 aromatic carbocycles. The highest BCUT2D eigenvalue weighted by Gasteiger charge is 2.13. The van der Waals surface area contributed by atoms with E-state index in [-0.39, 0.29) is 24.2 Å². The summed E-state index contributed by atoms with van der Waals surface area (Å²) in [5.74, 6) is -0.173. The van der Waals surface area contributed by atoms with E-state index in [1.807, 2.05) is 0 Å². The van der Waals surface area contributed by atoms with Gasteiger partial charge >= 0.3 is 6.09 Å². The molecule has 23 heavy (non-hydrogen) atoms. The minimum absolute atomic E-state index is 0. The minimum Gasteiger partial charge on any atom is -0.465 e. The Morgan fingerprint density at radius 3 is 2.52 bits per heavy atom. The largest absolute Gasteiger partial charge is 0.465 e. The van der Waals surface area contributed by atoms with Crippen LogP contribution in [0, 0.1) is 5.82 Å². The van der Waals surface area contributed by atoms with Gasteiger partial charge < -0.3 is 10.1 Å². The van der Waals surface area contributed by atoms with Crippen LogP contribution in [0.1, 0.15) is 16.5 Å². The Bertz CT molecular complexity index is 836. The number of alkyl halides is 1. The molecule has 1 amide bonds. The summed E-state index contributed by atoms with van der Waals surface area (Å²) in [5, 5.41) is 10.4. The molecule has 1 unspecified atom stereocenters. The molecule has 0 saturated carbocycles. The molecule has 0 saturated heterocycles. The summed E-state index contributed by atoms with van der Waals surface area (Å²) in [4.78, 5) is 17.6. The van der Waals surface area contributed by atoms with Crippen molar-refractivity contribution in [2.24, 2.45) is 0 Å². The number of nitrogens with one attached hydrogen (secondary N) is 2. The zero-order chi connectivity index (χ0) is 15.7. The molecule has 0 aliphatic rings. The van der Waals surface area contributed by atoms with Crippen molar-refractivity contribution in [1.82, 2.24) is 9.97 Å². The lowest BCUT2D eigenvalue weighted by Crippen LogP contribution is -2.08. The zero-order valence-corrected chi connectivity index (χ0v) is 13.2. The molecule has 3 aromatic rings. The number of fused-ring (bicyclic) bond motifs is 1. The number of carboxylic acid groups (broad SMARTS) is 1. The van der Waals surface area contributed by atoms with Crippen LogP contribution < -0.4 is 5.32 Å². The van der Waals surface area contributed by atoms with Crippen LogP contribution in [-0.2, 0) is 0 Å². The lowest BCUT2D eigenvalue weighted by molar-refractivity contribution is 0.209. The second-order valence-electron chi connectivity index (χ2n) is 4.71. The van der Waals surface area contributed by atoms with Gasteiger partial charge in [-0.1, -0.05) is 18.2 Å². The van der Waals surface area contributed by atoms with Crippen molar-refractivity contribution in [3.05, 3.63) is 59.4 Å². The first-order chi connectivity index (χ1) is 10.5. The second-order valence-corrected chi connectivity index (χ2v) is 5.14. The maximum absolute atomic E-state index is 13.0. The van der Waals surface area contributed by atoms with E-state index in [1.165, 1.54) is 12.1 Å². The third-order valence-electron chi connectivity index (χ3n) is 3.19. The Kier molecular flexibility index (Phi) is 5.08. The number of H-pyrrole nitrogens is 1. The Morgan fingerprint density at radius 2 is 1.87 bits per heavy atom. The lowest BCUT2D eigenvalue weighted by atomic mass is 10.0. The second kappa shape index (κ2) is 6.85.